The zero-order chi connectivity index (χ0) is 14.8. The summed E-state index contributed by atoms with van der Waals surface area (Å²) in [7, 11) is 2.15. The number of thioether (sulfide) groups is 1. The van der Waals surface area contributed by atoms with Gasteiger partial charge in [-0.3, -0.25) is 0 Å². The Morgan fingerprint density at radius 2 is 1.76 bits per heavy atom. The van der Waals surface area contributed by atoms with Crippen molar-refractivity contribution in [3.05, 3.63) is 59.8 Å². The van der Waals surface area contributed by atoms with Gasteiger partial charge in [0.25, 0.3) is 0 Å². The molecule has 0 bridgehead atoms. The van der Waals surface area contributed by atoms with Gasteiger partial charge in [0, 0.05) is 34.2 Å². The molecule has 0 aliphatic carbocycles. The molecule has 1 heterocycles. The molecule has 0 saturated carbocycles. The van der Waals surface area contributed by atoms with Gasteiger partial charge in [0.2, 0.25) is 0 Å². The first-order valence-electron chi connectivity index (χ1n) is 7.12. The maximum atomic E-state index is 3.58. The lowest BCUT2D eigenvalue weighted by molar-refractivity contribution is 0.861. The van der Waals surface area contributed by atoms with Gasteiger partial charge < -0.3 is 9.88 Å². The smallest absolute Gasteiger partial charge is 0.0556 e. The molecule has 0 atom stereocenters. The Morgan fingerprint density at radius 3 is 2.52 bits per heavy atom. The fourth-order valence-electron chi connectivity index (χ4n) is 2.86. The Labute approximate surface area is 130 Å². The van der Waals surface area contributed by atoms with Crippen LogP contribution in [-0.2, 0) is 13.6 Å². The van der Waals surface area contributed by atoms with Crippen LogP contribution in [0.15, 0.2) is 53.4 Å². The zero-order valence-corrected chi connectivity index (χ0v) is 13.5. The van der Waals surface area contributed by atoms with Crippen LogP contribution < -0.4 is 5.32 Å². The van der Waals surface area contributed by atoms with E-state index in [-0.39, 0.29) is 0 Å². The molecule has 2 nitrogen and oxygen atoms in total. The second kappa shape index (κ2) is 5.86. The molecule has 0 aliphatic rings. The molecule has 1 aromatic heterocycles. The van der Waals surface area contributed by atoms with Crippen molar-refractivity contribution in [1.82, 2.24) is 4.57 Å². The number of anilines is 1. The fourth-order valence-corrected chi connectivity index (χ4v) is 3.43. The van der Waals surface area contributed by atoms with Crippen molar-refractivity contribution in [2.45, 2.75) is 18.4 Å². The minimum atomic E-state index is 0.842. The van der Waals surface area contributed by atoms with Crippen LogP contribution in [0.4, 0.5) is 5.69 Å². The number of nitrogens with one attached hydrogen (secondary N) is 1. The first kappa shape index (κ1) is 14.1. The molecule has 0 amide bonds. The van der Waals surface area contributed by atoms with E-state index in [9.17, 15) is 0 Å². The molecule has 0 aliphatic heterocycles. The van der Waals surface area contributed by atoms with Crippen LogP contribution in [0.1, 0.15) is 11.3 Å². The van der Waals surface area contributed by atoms with Gasteiger partial charge in [-0.25, -0.2) is 0 Å². The average Bonchev–Trinajstić information content (AvgIpc) is 2.78. The maximum Gasteiger partial charge on any atom is 0.0556 e. The van der Waals surface area contributed by atoms with E-state index in [0.717, 1.165) is 6.54 Å². The van der Waals surface area contributed by atoms with Crippen LogP contribution in [0.3, 0.4) is 0 Å². The first-order valence-corrected chi connectivity index (χ1v) is 8.34. The Hall–Kier alpha value is -1.87. The number of benzene rings is 2. The number of hydrogen-bond donors (Lipinski definition) is 1. The van der Waals surface area contributed by atoms with Crippen molar-refractivity contribution < 1.29 is 0 Å². The number of nitrogens with zero attached hydrogens (tertiary/aromatic N) is 1. The van der Waals surface area contributed by atoms with Gasteiger partial charge in [-0.05, 0) is 36.9 Å². The minimum Gasteiger partial charge on any atom is -0.379 e. The lowest BCUT2D eigenvalue weighted by atomic mass is 10.1. The molecule has 0 saturated heterocycles. The predicted molar refractivity (Wildman–Crippen MR) is 93.2 cm³/mol. The number of hydrogen-bond acceptors (Lipinski definition) is 2. The lowest BCUT2D eigenvalue weighted by Gasteiger charge is -2.12. The van der Waals surface area contributed by atoms with Crippen LogP contribution in [0.2, 0.25) is 0 Å². The highest BCUT2D eigenvalue weighted by Crippen LogP contribution is 2.28. The Morgan fingerprint density at radius 1 is 1.05 bits per heavy atom. The monoisotopic (exact) mass is 296 g/mol. The van der Waals surface area contributed by atoms with E-state index in [1.807, 2.05) is 0 Å². The summed E-state index contributed by atoms with van der Waals surface area (Å²) >= 11 is 1.77. The molecule has 21 heavy (non-hydrogen) atoms. The molecule has 3 rings (SSSR count). The van der Waals surface area contributed by atoms with Crippen molar-refractivity contribution in [3.63, 3.8) is 0 Å². The molecule has 0 spiro atoms. The van der Waals surface area contributed by atoms with Crippen molar-refractivity contribution in [2.75, 3.05) is 11.6 Å². The van der Waals surface area contributed by atoms with E-state index >= 15 is 0 Å². The molecular weight excluding hydrogens is 276 g/mol. The summed E-state index contributed by atoms with van der Waals surface area (Å²) in [5, 5.41) is 4.92. The average molecular weight is 296 g/mol. The summed E-state index contributed by atoms with van der Waals surface area (Å²) in [5.74, 6) is 0. The molecular formula is C18H20N2S. The van der Waals surface area contributed by atoms with E-state index in [0.29, 0.717) is 0 Å². The van der Waals surface area contributed by atoms with Gasteiger partial charge in [-0.15, -0.1) is 11.8 Å². The number of para-hydroxylation sites is 2. The molecule has 108 valence electrons. The third-order valence-corrected chi connectivity index (χ3v) is 4.86. The van der Waals surface area contributed by atoms with Gasteiger partial charge >= 0.3 is 0 Å². The summed E-state index contributed by atoms with van der Waals surface area (Å²) in [6.07, 6.45) is 2.11. The molecule has 3 heteroatoms. The predicted octanol–water partition coefficient (Wildman–Crippen LogP) is 4.82. The van der Waals surface area contributed by atoms with Crippen molar-refractivity contribution in [3.8, 4) is 0 Å². The van der Waals surface area contributed by atoms with Crippen LogP contribution in [-0.4, -0.2) is 10.8 Å². The molecule has 0 unspecified atom stereocenters. The number of rotatable bonds is 4. The number of aryl methyl sites for hydroxylation is 2. The summed E-state index contributed by atoms with van der Waals surface area (Å²) in [6.45, 7) is 3.05. The van der Waals surface area contributed by atoms with Gasteiger partial charge in [0.15, 0.2) is 0 Å². The Kier molecular flexibility index (Phi) is 3.93. The zero-order valence-electron chi connectivity index (χ0n) is 12.7. The number of aromatic nitrogens is 1. The van der Waals surface area contributed by atoms with Crippen LogP contribution in [0.25, 0.3) is 10.9 Å². The first-order chi connectivity index (χ1) is 10.2. The van der Waals surface area contributed by atoms with Crippen molar-refractivity contribution in [2.24, 2.45) is 7.05 Å². The van der Waals surface area contributed by atoms with Gasteiger partial charge in [0.05, 0.1) is 6.54 Å². The summed E-state index contributed by atoms with van der Waals surface area (Å²) in [4.78, 5) is 1.29. The second-order valence-corrected chi connectivity index (χ2v) is 6.05. The fraction of sp³-hybridized carbons (Fsp3) is 0.222. The van der Waals surface area contributed by atoms with Gasteiger partial charge in [-0.1, -0.05) is 30.3 Å². The molecule has 0 radical (unpaired) electrons. The Bertz CT molecular complexity index is 735. The molecule has 3 aromatic rings. The highest BCUT2D eigenvalue weighted by Gasteiger charge is 2.11. The number of fused-ring (bicyclic) bond motifs is 1. The van der Waals surface area contributed by atoms with E-state index in [2.05, 4.69) is 78.6 Å². The van der Waals surface area contributed by atoms with Gasteiger partial charge in [-0.2, -0.15) is 0 Å². The third-order valence-electron chi connectivity index (χ3n) is 4.06. The highest BCUT2D eigenvalue weighted by molar-refractivity contribution is 7.98. The van der Waals surface area contributed by atoms with E-state index in [1.165, 1.54) is 32.7 Å². The van der Waals surface area contributed by atoms with E-state index in [4.69, 9.17) is 0 Å². The quantitative estimate of drug-likeness (QED) is 0.695. The van der Waals surface area contributed by atoms with E-state index in [1.54, 1.807) is 11.8 Å². The van der Waals surface area contributed by atoms with Crippen molar-refractivity contribution >= 4 is 28.4 Å². The SMILES string of the molecule is CSc1ccccc1NCc1c(C)c2ccccc2n1C. The second-order valence-electron chi connectivity index (χ2n) is 5.20. The topological polar surface area (TPSA) is 17.0 Å². The maximum absolute atomic E-state index is 3.58. The highest BCUT2D eigenvalue weighted by atomic mass is 32.2. The lowest BCUT2D eigenvalue weighted by Crippen LogP contribution is -2.06. The van der Waals surface area contributed by atoms with Crippen molar-refractivity contribution in [1.29, 1.82) is 0 Å². The van der Waals surface area contributed by atoms with Crippen LogP contribution >= 0.6 is 11.8 Å². The summed E-state index contributed by atoms with van der Waals surface area (Å²) in [5.41, 5.74) is 5.20. The summed E-state index contributed by atoms with van der Waals surface area (Å²) < 4.78 is 2.29. The molecule has 1 N–H and O–H groups in total. The summed E-state index contributed by atoms with van der Waals surface area (Å²) in [6, 6.07) is 17.0. The van der Waals surface area contributed by atoms with Crippen LogP contribution in [0, 0.1) is 6.92 Å². The normalized spacial score (nSPS) is 11.0. The standard InChI is InChI=1S/C18H20N2S/c1-13-14-8-4-6-10-16(14)20(2)17(13)12-19-15-9-5-7-11-18(15)21-3/h4-11,19H,12H2,1-3H3. The third kappa shape index (κ3) is 2.54. The molecule has 0 fully saturated rings. The molecule has 2 aromatic carbocycles. The minimum absolute atomic E-state index is 0.842. The van der Waals surface area contributed by atoms with E-state index < -0.39 is 0 Å². The Balaban J connectivity index is 1.92. The van der Waals surface area contributed by atoms with Crippen LogP contribution in [0.5, 0.6) is 0 Å². The largest absolute Gasteiger partial charge is 0.379 e. The van der Waals surface area contributed by atoms with Gasteiger partial charge in [0.1, 0.15) is 0 Å².